The van der Waals surface area contributed by atoms with Gasteiger partial charge in [-0.3, -0.25) is 14.7 Å². The molecule has 198 valence electrons. The number of aromatic nitrogens is 3. The van der Waals surface area contributed by atoms with Crippen molar-refractivity contribution >= 4 is 50.9 Å². The maximum absolute atomic E-state index is 11.7. The maximum Gasteiger partial charge on any atom is 0.220 e. The summed E-state index contributed by atoms with van der Waals surface area (Å²) in [6.45, 7) is 3.69. The quantitative estimate of drug-likeness (QED) is 0.100. The van der Waals surface area contributed by atoms with E-state index in [1.165, 1.54) is 18.9 Å². The van der Waals surface area contributed by atoms with Crippen molar-refractivity contribution in [2.45, 2.75) is 30.9 Å². The van der Waals surface area contributed by atoms with Gasteiger partial charge in [0.25, 0.3) is 0 Å². The van der Waals surface area contributed by atoms with Gasteiger partial charge in [-0.1, -0.05) is 53.2 Å². The van der Waals surface area contributed by atoms with Gasteiger partial charge in [0.15, 0.2) is 16.7 Å². The summed E-state index contributed by atoms with van der Waals surface area (Å²) in [7, 11) is 1.51. The highest BCUT2D eigenvalue weighted by atomic mass is 79.9. The second-order valence-corrected chi connectivity index (χ2v) is 11.3. The molecular formula is C26H23BrCl2N4O4S. The molecule has 0 aliphatic heterocycles. The van der Waals surface area contributed by atoms with E-state index >= 15 is 0 Å². The second kappa shape index (κ2) is 12.4. The fourth-order valence-corrected chi connectivity index (χ4v) is 6.00. The van der Waals surface area contributed by atoms with Gasteiger partial charge < -0.3 is 9.47 Å². The highest BCUT2D eigenvalue weighted by molar-refractivity contribution is 9.10. The summed E-state index contributed by atoms with van der Waals surface area (Å²) < 4.78 is 14.1. The largest absolute Gasteiger partial charge is 0.493 e. The molecule has 1 heterocycles. The molecule has 0 bridgehead atoms. The van der Waals surface area contributed by atoms with Crippen LogP contribution in [-0.2, 0) is 6.61 Å². The van der Waals surface area contributed by atoms with Gasteiger partial charge in [0, 0.05) is 26.2 Å². The van der Waals surface area contributed by atoms with Gasteiger partial charge >= 0.3 is 0 Å². The van der Waals surface area contributed by atoms with Crippen molar-refractivity contribution in [3.8, 4) is 17.2 Å². The average Bonchev–Trinajstić information content (AvgIpc) is 3.22. The lowest BCUT2D eigenvalue weighted by molar-refractivity contribution is -0.479. The summed E-state index contributed by atoms with van der Waals surface area (Å²) in [5.41, 5.74) is 3.39. The van der Waals surface area contributed by atoms with Crippen LogP contribution < -0.4 is 9.47 Å². The predicted octanol–water partition coefficient (Wildman–Crippen LogP) is 7.65. The molecule has 8 nitrogen and oxygen atoms in total. The number of hydrogen-bond acceptors (Lipinski definition) is 7. The number of nitrogens with zero attached hydrogens (tertiary/aromatic N) is 4. The minimum Gasteiger partial charge on any atom is -0.493 e. The molecule has 0 unspecified atom stereocenters. The van der Waals surface area contributed by atoms with E-state index < -0.39 is 5.25 Å². The molecule has 0 saturated heterocycles. The van der Waals surface area contributed by atoms with Crippen molar-refractivity contribution in [2.75, 3.05) is 13.7 Å². The number of methoxy groups -OCH3 is 1. The monoisotopic (exact) mass is 636 g/mol. The zero-order valence-electron chi connectivity index (χ0n) is 20.7. The van der Waals surface area contributed by atoms with E-state index in [0.717, 1.165) is 16.8 Å². The molecule has 12 heteroatoms. The van der Waals surface area contributed by atoms with Crippen LogP contribution in [0.1, 0.15) is 27.8 Å². The molecule has 0 N–H and O–H groups in total. The van der Waals surface area contributed by atoms with Crippen molar-refractivity contribution in [3.63, 3.8) is 0 Å². The van der Waals surface area contributed by atoms with Crippen LogP contribution in [0.4, 0.5) is 0 Å². The Hall–Kier alpha value is -2.79. The van der Waals surface area contributed by atoms with E-state index in [0.29, 0.717) is 42.6 Å². The van der Waals surface area contributed by atoms with E-state index in [1.54, 1.807) is 30.3 Å². The van der Waals surface area contributed by atoms with Gasteiger partial charge in [-0.15, -0.1) is 10.2 Å². The summed E-state index contributed by atoms with van der Waals surface area (Å²) in [4.78, 5) is 11.3. The number of aryl methyl sites for hydroxylation is 2. The van der Waals surface area contributed by atoms with Crippen molar-refractivity contribution in [1.29, 1.82) is 0 Å². The molecule has 0 spiro atoms. The lowest BCUT2D eigenvalue weighted by atomic mass is 10.1. The van der Waals surface area contributed by atoms with E-state index in [4.69, 9.17) is 32.7 Å². The minimum atomic E-state index is -0.581. The van der Waals surface area contributed by atoms with Crippen molar-refractivity contribution in [3.05, 3.63) is 102 Å². The van der Waals surface area contributed by atoms with E-state index in [-0.39, 0.29) is 18.1 Å². The van der Waals surface area contributed by atoms with E-state index in [2.05, 4.69) is 26.1 Å². The van der Waals surface area contributed by atoms with Crippen molar-refractivity contribution in [1.82, 2.24) is 14.8 Å². The smallest absolute Gasteiger partial charge is 0.220 e. The van der Waals surface area contributed by atoms with Crippen LogP contribution in [-0.4, -0.2) is 33.3 Å². The number of thioether (sulfide) groups is 1. The van der Waals surface area contributed by atoms with Crippen molar-refractivity contribution in [2.24, 2.45) is 0 Å². The van der Waals surface area contributed by atoms with E-state index in [1.807, 2.05) is 42.7 Å². The Labute approximate surface area is 242 Å². The fourth-order valence-electron chi connectivity index (χ4n) is 3.81. The van der Waals surface area contributed by atoms with Crippen molar-refractivity contribution < 1.29 is 14.4 Å². The average molecular weight is 638 g/mol. The fraction of sp³-hybridized carbons (Fsp3) is 0.231. The summed E-state index contributed by atoms with van der Waals surface area (Å²) in [6, 6.07) is 16.6. The molecule has 1 aromatic heterocycles. The highest BCUT2D eigenvalue weighted by Gasteiger charge is 2.26. The molecule has 0 saturated carbocycles. The Morgan fingerprint density at radius 3 is 2.61 bits per heavy atom. The third kappa shape index (κ3) is 6.61. The lowest BCUT2D eigenvalue weighted by Crippen LogP contribution is -2.12. The first kappa shape index (κ1) is 28.2. The summed E-state index contributed by atoms with van der Waals surface area (Å²) in [6.07, 6.45) is 0. The summed E-state index contributed by atoms with van der Waals surface area (Å²) in [5, 5.41) is 21.2. The van der Waals surface area contributed by atoms with Crippen LogP contribution in [0.15, 0.2) is 64.2 Å². The third-order valence-electron chi connectivity index (χ3n) is 5.63. The Morgan fingerprint density at radius 2 is 1.92 bits per heavy atom. The van der Waals surface area contributed by atoms with Gasteiger partial charge in [-0.25, -0.2) is 0 Å². The van der Waals surface area contributed by atoms with Crippen LogP contribution in [0.5, 0.6) is 11.5 Å². The van der Waals surface area contributed by atoms with Crippen LogP contribution in [0.25, 0.3) is 5.69 Å². The SMILES string of the molecule is COc1cc([C@@H](C[N+](=O)[O-])Sc2nnc(C)n2-c2cccc(C)c2)cc(Br)c1OCc1ccc(Cl)cc1Cl. The topological polar surface area (TPSA) is 92.3 Å². The van der Waals surface area contributed by atoms with Crippen LogP contribution in [0.3, 0.4) is 0 Å². The molecule has 3 aromatic carbocycles. The highest BCUT2D eigenvalue weighted by Crippen LogP contribution is 2.43. The van der Waals surface area contributed by atoms with Gasteiger partial charge in [0.05, 0.1) is 11.6 Å². The maximum atomic E-state index is 11.7. The van der Waals surface area contributed by atoms with Crippen LogP contribution in [0, 0.1) is 24.0 Å². The first-order valence-electron chi connectivity index (χ1n) is 11.4. The van der Waals surface area contributed by atoms with Crippen LogP contribution >= 0.6 is 50.9 Å². The van der Waals surface area contributed by atoms with Gasteiger partial charge in [0.2, 0.25) is 6.54 Å². The molecule has 38 heavy (non-hydrogen) atoms. The van der Waals surface area contributed by atoms with Gasteiger partial charge in [-0.2, -0.15) is 0 Å². The zero-order chi connectivity index (χ0) is 27.4. The number of ether oxygens (including phenoxy) is 2. The molecule has 4 aromatic rings. The molecular weight excluding hydrogens is 615 g/mol. The lowest BCUT2D eigenvalue weighted by Gasteiger charge is -2.18. The number of nitro groups is 1. The number of halogens is 3. The summed E-state index contributed by atoms with van der Waals surface area (Å²) in [5.74, 6) is 1.55. The number of rotatable bonds is 10. The van der Waals surface area contributed by atoms with Gasteiger partial charge in [-0.05, 0) is 77.3 Å². The molecule has 4 rings (SSSR count). The third-order valence-corrected chi connectivity index (χ3v) is 7.99. The van der Waals surface area contributed by atoms with Crippen LogP contribution in [0.2, 0.25) is 10.0 Å². The second-order valence-electron chi connectivity index (χ2n) is 8.38. The Morgan fingerprint density at radius 1 is 1.13 bits per heavy atom. The summed E-state index contributed by atoms with van der Waals surface area (Å²) >= 11 is 17.1. The Kier molecular flexibility index (Phi) is 9.19. The molecule has 0 radical (unpaired) electrons. The van der Waals surface area contributed by atoms with E-state index in [9.17, 15) is 10.1 Å². The number of benzene rings is 3. The standard InChI is InChI=1S/C26H23BrCl2N4O4S/c1-15-5-4-6-20(9-15)33-16(2)30-31-26(33)38-24(13-32(34)35)18-10-21(27)25(23(11-18)36-3)37-14-17-7-8-19(28)12-22(17)29/h4-12,24H,13-14H2,1-3H3/t24-/m1/s1. The predicted molar refractivity (Wildman–Crippen MR) is 153 cm³/mol. The Bertz CT molecular complexity index is 1480. The normalized spacial score (nSPS) is 11.8. The molecule has 0 aliphatic carbocycles. The zero-order valence-corrected chi connectivity index (χ0v) is 24.6. The number of hydrogen-bond donors (Lipinski definition) is 0. The minimum absolute atomic E-state index is 0.177. The molecule has 0 aliphatic rings. The first-order valence-corrected chi connectivity index (χ1v) is 13.8. The first-order chi connectivity index (χ1) is 18.2. The van der Waals surface area contributed by atoms with Gasteiger partial charge in [0.1, 0.15) is 17.7 Å². The Balaban J connectivity index is 1.66. The molecule has 1 atom stereocenters. The molecule has 0 amide bonds. The molecule has 0 fully saturated rings.